The van der Waals surface area contributed by atoms with Gasteiger partial charge in [-0.2, -0.15) is 5.10 Å². The summed E-state index contributed by atoms with van der Waals surface area (Å²) in [6, 6.07) is 14.8. The molecule has 6 heteroatoms. The summed E-state index contributed by atoms with van der Waals surface area (Å²) in [5.41, 5.74) is 2.94. The van der Waals surface area contributed by atoms with E-state index in [0.717, 1.165) is 11.3 Å². The second kappa shape index (κ2) is 7.74. The van der Waals surface area contributed by atoms with Crippen LogP contribution in [0.15, 0.2) is 54.7 Å². The molecule has 1 N–H and O–H groups in total. The monoisotopic (exact) mass is 351 g/mol. The average molecular weight is 351 g/mol. The molecule has 1 heterocycles. The molecule has 0 aliphatic heterocycles. The van der Waals surface area contributed by atoms with Crippen LogP contribution >= 0.6 is 0 Å². The highest BCUT2D eigenvalue weighted by molar-refractivity contribution is 6.04. The van der Waals surface area contributed by atoms with Gasteiger partial charge in [0.1, 0.15) is 6.61 Å². The zero-order chi connectivity index (χ0) is 18.5. The van der Waals surface area contributed by atoms with E-state index in [0.29, 0.717) is 29.4 Å². The van der Waals surface area contributed by atoms with Crippen LogP contribution in [0.3, 0.4) is 0 Å². The van der Waals surface area contributed by atoms with Crippen molar-refractivity contribution in [1.29, 1.82) is 0 Å². The Morgan fingerprint density at radius 2 is 1.92 bits per heavy atom. The minimum Gasteiger partial charge on any atom is -0.493 e. The van der Waals surface area contributed by atoms with E-state index in [1.54, 1.807) is 24.1 Å². The summed E-state index contributed by atoms with van der Waals surface area (Å²) >= 11 is 0. The lowest BCUT2D eigenvalue weighted by atomic mass is 10.1. The van der Waals surface area contributed by atoms with Crippen LogP contribution < -0.4 is 14.8 Å². The van der Waals surface area contributed by atoms with Crippen LogP contribution in [0.5, 0.6) is 11.5 Å². The highest BCUT2D eigenvalue weighted by Crippen LogP contribution is 2.26. The number of amides is 1. The zero-order valence-electron chi connectivity index (χ0n) is 15.0. The minimum absolute atomic E-state index is 0.180. The molecule has 2 aromatic carbocycles. The summed E-state index contributed by atoms with van der Waals surface area (Å²) in [6.07, 6.45) is 1.78. The maximum absolute atomic E-state index is 12.5. The first-order chi connectivity index (χ1) is 12.6. The Kier molecular flexibility index (Phi) is 5.22. The van der Waals surface area contributed by atoms with E-state index in [1.165, 1.54) is 0 Å². The molecule has 0 radical (unpaired) electrons. The molecule has 26 heavy (non-hydrogen) atoms. The van der Waals surface area contributed by atoms with Gasteiger partial charge in [-0.15, -0.1) is 0 Å². The quantitative estimate of drug-likeness (QED) is 0.737. The second-order valence-electron chi connectivity index (χ2n) is 5.90. The molecule has 134 valence electrons. The second-order valence-corrected chi connectivity index (χ2v) is 5.90. The third-order valence-corrected chi connectivity index (χ3v) is 3.91. The minimum atomic E-state index is -0.180. The topological polar surface area (TPSA) is 65.4 Å². The van der Waals surface area contributed by atoms with Gasteiger partial charge in [0.2, 0.25) is 0 Å². The van der Waals surface area contributed by atoms with Crippen molar-refractivity contribution in [3.05, 3.63) is 71.5 Å². The van der Waals surface area contributed by atoms with Gasteiger partial charge in [0.25, 0.3) is 5.91 Å². The van der Waals surface area contributed by atoms with E-state index in [1.807, 2.05) is 56.4 Å². The van der Waals surface area contributed by atoms with Gasteiger partial charge in [0, 0.05) is 18.8 Å². The summed E-state index contributed by atoms with van der Waals surface area (Å²) in [5, 5.41) is 7.11. The number of carbonyl (C=O) groups is 1. The first-order valence-electron chi connectivity index (χ1n) is 8.23. The number of ether oxygens (including phenoxy) is 2. The van der Waals surface area contributed by atoms with Crippen molar-refractivity contribution in [3.63, 3.8) is 0 Å². The van der Waals surface area contributed by atoms with Crippen LogP contribution in [0, 0.1) is 6.92 Å². The van der Waals surface area contributed by atoms with Crippen molar-refractivity contribution < 1.29 is 14.3 Å². The van der Waals surface area contributed by atoms with Gasteiger partial charge in [-0.25, -0.2) is 0 Å². The fraction of sp³-hybridized carbons (Fsp3) is 0.200. The van der Waals surface area contributed by atoms with Crippen molar-refractivity contribution in [2.24, 2.45) is 7.05 Å². The summed E-state index contributed by atoms with van der Waals surface area (Å²) in [6.45, 7) is 2.19. The Balaban J connectivity index is 1.69. The van der Waals surface area contributed by atoms with E-state index < -0.39 is 0 Å². The predicted octanol–water partition coefficient (Wildman–Crippen LogP) is 3.57. The molecule has 1 amide bonds. The maximum atomic E-state index is 12.5. The molecule has 0 aliphatic carbocycles. The standard InChI is InChI=1S/C20H21N3O3/c1-14-17(12-23(2)22-14)21-20(24)16-8-6-7-15(11-16)13-26-19-10-5-4-9-18(19)25-3/h4-12H,13H2,1-3H3,(H,21,24). The molecule has 6 nitrogen and oxygen atoms in total. The molecular formula is C20H21N3O3. The molecule has 1 aromatic heterocycles. The predicted molar refractivity (Wildman–Crippen MR) is 99.7 cm³/mol. The molecule has 3 rings (SSSR count). The Labute approximate surface area is 152 Å². The summed E-state index contributed by atoms with van der Waals surface area (Å²) in [4.78, 5) is 12.5. The lowest BCUT2D eigenvalue weighted by Gasteiger charge is -2.11. The van der Waals surface area contributed by atoms with E-state index in [9.17, 15) is 4.79 Å². The molecular weight excluding hydrogens is 330 g/mol. The van der Waals surface area contributed by atoms with Gasteiger partial charge < -0.3 is 14.8 Å². The lowest BCUT2D eigenvalue weighted by molar-refractivity contribution is 0.102. The summed E-state index contributed by atoms with van der Waals surface area (Å²) < 4.78 is 12.8. The van der Waals surface area contributed by atoms with E-state index in [2.05, 4.69) is 10.4 Å². The highest BCUT2D eigenvalue weighted by Gasteiger charge is 2.11. The maximum Gasteiger partial charge on any atom is 0.255 e. The molecule has 0 saturated carbocycles. The number of rotatable bonds is 6. The molecule has 0 aliphatic rings. The molecule has 0 bridgehead atoms. The summed E-state index contributed by atoms with van der Waals surface area (Å²) in [5.74, 6) is 1.16. The third-order valence-electron chi connectivity index (χ3n) is 3.91. The molecule has 0 spiro atoms. The van der Waals surface area contributed by atoms with Crippen molar-refractivity contribution in [2.45, 2.75) is 13.5 Å². The van der Waals surface area contributed by atoms with Gasteiger partial charge >= 0.3 is 0 Å². The number of para-hydroxylation sites is 2. The number of nitrogens with one attached hydrogen (secondary N) is 1. The van der Waals surface area contributed by atoms with Crippen LogP contribution in [0.2, 0.25) is 0 Å². The first kappa shape index (κ1) is 17.5. The molecule has 0 atom stereocenters. The largest absolute Gasteiger partial charge is 0.493 e. The molecule has 3 aromatic rings. The summed E-state index contributed by atoms with van der Waals surface area (Å²) in [7, 11) is 3.42. The number of hydrogen-bond donors (Lipinski definition) is 1. The van der Waals surface area contributed by atoms with Crippen molar-refractivity contribution in [3.8, 4) is 11.5 Å². The molecule has 0 fully saturated rings. The van der Waals surface area contributed by atoms with Crippen LogP contribution in [-0.2, 0) is 13.7 Å². The van der Waals surface area contributed by atoms with Crippen molar-refractivity contribution >= 4 is 11.6 Å². The fourth-order valence-corrected chi connectivity index (χ4v) is 2.62. The Bertz CT molecular complexity index is 918. The third kappa shape index (κ3) is 4.03. The SMILES string of the molecule is COc1ccccc1OCc1cccc(C(=O)Nc2cn(C)nc2C)c1. The van der Waals surface area contributed by atoms with Crippen molar-refractivity contribution in [1.82, 2.24) is 9.78 Å². The molecule has 0 saturated heterocycles. The number of nitrogens with zero attached hydrogens (tertiary/aromatic N) is 2. The first-order valence-corrected chi connectivity index (χ1v) is 8.23. The zero-order valence-corrected chi connectivity index (χ0v) is 15.0. The number of carbonyl (C=O) groups excluding carboxylic acids is 1. The number of aryl methyl sites for hydroxylation is 2. The Morgan fingerprint density at radius 1 is 1.15 bits per heavy atom. The Hall–Kier alpha value is -3.28. The van der Waals surface area contributed by atoms with Gasteiger partial charge in [0.15, 0.2) is 11.5 Å². The number of hydrogen-bond acceptors (Lipinski definition) is 4. The number of aromatic nitrogens is 2. The van der Waals surface area contributed by atoms with Gasteiger partial charge in [-0.05, 0) is 36.8 Å². The van der Waals surface area contributed by atoms with Crippen molar-refractivity contribution in [2.75, 3.05) is 12.4 Å². The van der Waals surface area contributed by atoms with E-state index >= 15 is 0 Å². The number of anilines is 1. The van der Waals surface area contributed by atoms with Gasteiger partial charge in [0.05, 0.1) is 18.5 Å². The number of methoxy groups -OCH3 is 1. The van der Waals surface area contributed by atoms with Crippen LogP contribution in [-0.4, -0.2) is 22.8 Å². The average Bonchev–Trinajstić information content (AvgIpc) is 2.97. The van der Waals surface area contributed by atoms with E-state index in [-0.39, 0.29) is 5.91 Å². The Morgan fingerprint density at radius 3 is 2.62 bits per heavy atom. The highest BCUT2D eigenvalue weighted by atomic mass is 16.5. The van der Waals surface area contributed by atoms with Gasteiger partial charge in [-0.3, -0.25) is 9.48 Å². The molecule has 0 unspecified atom stereocenters. The smallest absolute Gasteiger partial charge is 0.255 e. The van der Waals surface area contributed by atoms with Crippen LogP contribution in [0.1, 0.15) is 21.6 Å². The number of benzene rings is 2. The normalized spacial score (nSPS) is 10.4. The van der Waals surface area contributed by atoms with Gasteiger partial charge in [-0.1, -0.05) is 24.3 Å². The van der Waals surface area contributed by atoms with Crippen LogP contribution in [0.4, 0.5) is 5.69 Å². The lowest BCUT2D eigenvalue weighted by Crippen LogP contribution is -2.12. The van der Waals surface area contributed by atoms with E-state index in [4.69, 9.17) is 9.47 Å². The van der Waals surface area contributed by atoms with Crippen LogP contribution in [0.25, 0.3) is 0 Å². The fourth-order valence-electron chi connectivity index (χ4n) is 2.62.